The Labute approximate surface area is 123 Å². The second-order valence-electron chi connectivity index (χ2n) is 5.37. The van der Waals surface area contributed by atoms with Gasteiger partial charge in [-0.25, -0.2) is 4.79 Å². The first-order valence-electron chi connectivity index (χ1n) is 7.18. The number of piperidine rings is 1. The number of rotatable bonds is 3. The van der Waals surface area contributed by atoms with Gasteiger partial charge in [-0.15, -0.1) is 0 Å². The zero-order chi connectivity index (χ0) is 14.7. The lowest BCUT2D eigenvalue weighted by atomic mass is 9.85. The smallest absolute Gasteiger partial charge is 0.337 e. The first kappa shape index (κ1) is 13.8. The number of hydrogen-bond donors (Lipinski definition) is 2. The van der Waals surface area contributed by atoms with Crippen molar-refractivity contribution in [3.8, 4) is 0 Å². The Bertz CT molecular complexity index is 592. The summed E-state index contributed by atoms with van der Waals surface area (Å²) in [6, 6.07) is 7.96. The van der Waals surface area contributed by atoms with Gasteiger partial charge >= 0.3 is 5.97 Å². The molecule has 0 radical (unpaired) electrons. The minimum atomic E-state index is -0.297. The number of carbonyl (C=O) groups excluding carboxylic acids is 1. The van der Waals surface area contributed by atoms with E-state index in [4.69, 9.17) is 4.74 Å². The maximum absolute atomic E-state index is 11.5. The molecule has 1 aromatic carbocycles. The molecular weight excluding hydrogens is 266 g/mol. The average Bonchev–Trinajstić information content (AvgIpc) is 3.09. The highest BCUT2D eigenvalue weighted by Gasteiger charge is 2.24. The van der Waals surface area contributed by atoms with Crippen molar-refractivity contribution < 1.29 is 9.53 Å². The summed E-state index contributed by atoms with van der Waals surface area (Å²) in [5, 5.41) is 10.5. The highest BCUT2D eigenvalue weighted by molar-refractivity contribution is 5.89. The van der Waals surface area contributed by atoms with Crippen LogP contribution in [-0.2, 0) is 4.74 Å². The maximum Gasteiger partial charge on any atom is 0.337 e. The first-order chi connectivity index (χ1) is 10.3. The zero-order valence-electron chi connectivity index (χ0n) is 12.0. The van der Waals surface area contributed by atoms with Crippen LogP contribution in [0.25, 0.3) is 0 Å². The Morgan fingerprint density at radius 1 is 1.29 bits per heavy atom. The predicted molar refractivity (Wildman–Crippen MR) is 79.1 cm³/mol. The molecule has 1 saturated heterocycles. The molecule has 0 spiro atoms. The van der Waals surface area contributed by atoms with Crippen molar-refractivity contribution in [2.75, 3.05) is 13.7 Å². The van der Waals surface area contributed by atoms with E-state index in [2.05, 4.69) is 15.5 Å². The Kier molecular flexibility index (Phi) is 4.01. The van der Waals surface area contributed by atoms with Crippen molar-refractivity contribution in [2.24, 2.45) is 0 Å². The molecule has 2 N–H and O–H groups in total. The molecule has 1 aliphatic rings. The third-order valence-electron chi connectivity index (χ3n) is 4.13. The number of esters is 1. The number of methoxy groups -OCH3 is 1. The van der Waals surface area contributed by atoms with E-state index < -0.39 is 0 Å². The van der Waals surface area contributed by atoms with Gasteiger partial charge < -0.3 is 10.1 Å². The molecule has 2 atom stereocenters. The number of aromatic amines is 1. The second-order valence-corrected chi connectivity index (χ2v) is 5.37. The van der Waals surface area contributed by atoms with Gasteiger partial charge in [0.25, 0.3) is 0 Å². The molecule has 5 nitrogen and oxygen atoms in total. The van der Waals surface area contributed by atoms with Gasteiger partial charge in [0, 0.05) is 12.2 Å². The Morgan fingerprint density at radius 2 is 2.10 bits per heavy atom. The molecule has 0 amide bonds. The van der Waals surface area contributed by atoms with Crippen LogP contribution >= 0.6 is 0 Å². The molecule has 2 heterocycles. The molecule has 1 fully saturated rings. The van der Waals surface area contributed by atoms with Gasteiger partial charge in [-0.05, 0) is 48.6 Å². The fourth-order valence-electron chi connectivity index (χ4n) is 2.93. The van der Waals surface area contributed by atoms with Gasteiger partial charge in [0.05, 0.1) is 18.9 Å². The monoisotopic (exact) mass is 285 g/mol. The van der Waals surface area contributed by atoms with E-state index in [0.29, 0.717) is 17.5 Å². The minimum absolute atomic E-state index is 0.297. The van der Waals surface area contributed by atoms with Crippen LogP contribution in [0.15, 0.2) is 36.7 Å². The average molecular weight is 285 g/mol. The summed E-state index contributed by atoms with van der Waals surface area (Å²) in [5.41, 5.74) is 3.06. The van der Waals surface area contributed by atoms with Gasteiger partial charge in [-0.1, -0.05) is 12.1 Å². The molecule has 2 unspecified atom stereocenters. The Balaban J connectivity index is 1.73. The topological polar surface area (TPSA) is 67.0 Å². The van der Waals surface area contributed by atoms with Crippen molar-refractivity contribution in [1.82, 2.24) is 15.5 Å². The second kappa shape index (κ2) is 6.10. The molecule has 2 aromatic rings. The third kappa shape index (κ3) is 2.97. The molecule has 1 aliphatic heterocycles. The van der Waals surface area contributed by atoms with E-state index >= 15 is 0 Å². The van der Waals surface area contributed by atoms with Crippen molar-refractivity contribution >= 4 is 5.97 Å². The molecular formula is C16H19N3O2. The minimum Gasteiger partial charge on any atom is -0.465 e. The van der Waals surface area contributed by atoms with Crippen LogP contribution in [-0.4, -0.2) is 29.8 Å². The molecule has 110 valence electrons. The van der Waals surface area contributed by atoms with Crippen LogP contribution in [0.3, 0.4) is 0 Å². The summed E-state index contributed by atoms with van der Waals surface area (Å²) in [6.45, 7) is 0.985. The largest absolute Gasteiger partial charge is 0.465 e. The lowest BCUT2D eigenvalue weighted by Crippen LogP contribution is -2.30. The van der Waals surface area contributed by atoms with Crippen LogP contribution in [0.1, 0.15) is 46.3 Å². The SMILES string of the molecule is COC(=O)c1ccc(C2CC(c3cn[nH]c3)CCN2)cc1. The maximum atomic E-state index is 11.5. The number of ether oxygens (including phenoxy) is 1. The summed E-state index contributed by atoms with van der Waals surface area (Å²) >= 11 is 0. The van der Waals surface area contributed by atoms with E-state index in [0.717, 1.165) is 19.4 Å². The Morgan fingerprint density at radius 3 is 2.76 bits per heavy atom. The lowest BCUT2D eigenvalue weighted by Gasteiger charge is -2.30. The molecule has 0 saturated carbocycles. The summed E-state index contributed by atoms with van der Waals surface area (Å²) in [4.78, 5) is 11.5. The van der Waals surface area contributed by atoms with Crippen LogP contribution in [0.5, 0.6) is 0 Å². The fraction of sp³-hybridized carbons (Fsp3) is 0.375. The summed E-state index contributed by atoms with van der Waals surface area (Å²) in [5.74, 6) is 0.227. The van der Waals surface area contributed by atoms with Gasteiger partial charge in [0.15, 0.2) is 0 Å². The van der Waals surface area contributed by atoms with E-state index in [1.54, 1.807) is 0 Å². The predicted octanol–water partition coefficient (Wildman–Crippen LogP) is 2.40. The molecule has 3 rings (SSSR count). The normalized spacial score (nSPS) is 22.0. The summed E-state index contributed by atoms with van der Waals surface area (Å²) < 4.78 is 4.72. The van der Waals surface area contributed by atoms with Crippen molar-refractivity contribution in [3.05, 3.63) is 53.3 Å². The highest BCUT2D eigenvalue weighted by atomic mass is 16.5. The third-order valence-corrected chi connectivity index (χ3v) is 4.13. The summed E-state index contributed by atoms with van der Waals surface area (Å²) in [6.07, 6.45) is 6.05. The zero-order valence-corrected chi connectivity index (χ0v) is 12.0. The van der Waals surface area contributed by atoms with E-state index in [9.17, 15) is 4.79 Å². The highest BCUT2D eigenvalue weighted by Crippen LogP contribution is 2.33. The number of nitrogens with one attached hydrogen (secondary N) is 2. The van der Waals surface area contributed by atoms with Crippen molar-refractivity contribution in [1.29, 1.82) is 0 Å². The lowest BCUT2D eigenvalue weighted by molar-refractivity contribution is 0.0600. The number of H-pyrrole nitrogens is 1. The van der Waals surface area contributed by atoms with Gasteiger partial charge in [0.2, 0.25) is 0 Å². The van der Waals surface area contributed by atoms with E-state index in [1.165, 1.54) is 18.2 Å². The number of aromatic nitrogens is 2. The van der Waals surface area contributed by atoms with Crippen molar-refractivity contribution in [3.63, 3.8) is 0 Å². The van der Waals surface area contributed by atoms with E-state index in [-0.39, 0.29) is 5.97 Å². The fourth-order valence-corrected chi connectivity index (χ4v) is 2.93. The molecule has 0 bridgehead atoms. The first-order valence-corrected chi connectivity index (χ1v) is 7.18. The Hall–Kier alpha value is -2.14. The molecule has 1 aromatic heterocycles. The number of carbonyl (C=O) groups is 1. The van der Waals surface area contributed by atoms with Crippen molar-refractivity contribution in [2.45, 2.75) is 24.8 Å². The van der Waals surface area contributed by atoms with Crippen LogP contribution in [0.2, 0.25) is 0 Å². The molecule has 21 heavy (non-hydrogen) atoms. The van der Waals surface area contributed by atoms with Gasteiger partial charge in [-0.3, -0.25) is 5.10 Å². The van der Waals surface area contributed by atoms with E-state index in [1.807, 2.05) is 36.7 Å². The number of nitrogens with zero attached hydrogens (tertiary/aromatic N) is 1. The number of benzene rings is 1. The standard InChI is InChI=1S/C16H19N3O2/c1-21-16(20)12-4-2-11(3-5-12)15-8-13(6-7-17-15)14-9-18-19-10-14/h2-5,9-10,13,15,17H,6-8H2,1H3,(H,18,19). The van der Waals surface area contributed by atoms with Crippen LogP contribution < -0.4 is 5.32 Å². The quantitative estimate of drug-likeness (QED) is 0.850. The van der Waals surface area contributed by atoms with Gasteiger partial charge in [0.1, 0.15) is 0 Å². The van der Waals surface area contributed by atoms with Crippen LogP contribution in [0.4, 0.5) is 0 Å². The summed E-state index contributed by atoms with van der Waals surface area (Å²) in [7, 11) is 1.40. The van der Waals surface area contributed by atoms with Crippen LogP contribution in [0, 0.1) is 0 Å². The van der Waals surface area contributed by atoms with Gasteiger partial charge in [-0.2, -0.15) is 5.10 Å². The molecule has 0 aliphatic carbocycles. The number of hydrogen-bond acceptors (Lipinski definition) is 4. The molecule has 5 heteroatoms.